The maximum atomic E-state index is 6.26. The molecule has 0 spiro atoms. The summed E-state index contributed by atoms with van der Waals surface area (Å²) in [7, 11) is 3.32. The van der Waals surface area contributed by atoms with Gasteiger partial charge in [0.2, 0.25) is 0 Å². The molecule has 2 aliphatic rings. The van der Waals surface area contributed by atoms with E-state index in [0.29, 0.717) is 24.5 Å². The van der Waals surface area contributed by atoms with Crippen molar-refractivity contribution in [3.63, 3.8) is 0 Å². The average molecular weight is 529 g/mol. The van der Waals surface area contributed by atoms with Gasteiger partial charge in [-0.05, 0) is 35.4 Å². The second-order valence-corrected chi connectivity index (χ2v) is 9.77. The zero-order valence-electron chi connectivity index (χ0n) is 22.3. The molecule has 1 N–H and O–H groups in total. The quantitative estimate of drug-likeness (QED) is 0.289. The van der Waals surface area contributed by atoms with E-state index in [1.165, 1.54) is 0 Å². The molecule has 2 aliphatic heterocycles. The molecule has 1 aromatic heterocycles. The molecule has 198 valence electrons. The lowest BCUT2D eigenvalue weighted by Crippen LogP contribution is -2.30. The van der Waals surface area contributed by atoms with Crippen LogP contribution >= 0.6 is 0 Å². The molecule has 0 radical (unpaired) electrons. The summed E-state index contributed by atoms with van der Waals surface area (Å²) in [5, 5.41) is 3.65. The predicted octanol–water partition coefficient (Wildman–Crippen LogP) is 6.33. The van der Waals surface area contributed by atoms with E-state index < -0.39 is 0 Å². The van der Waals surface area contributed by atoms with Crippen LogP contribution in [0.3, 0.4) is 0 Å². The van der Waals surface area contributed by atoms with Crippen LogP contribution in [-0.2, 0) is 0 Å². The number of imidazole rings is 1. The fourth-order valence-corrected chi connectivity index (χ4v) is 5.54. The van der Waals surface area contributed by atoms with Crippen LogP contribution in [0.4, 0.5) is 0 Å². The van der Waals surface area contributed by atoms with E-state index in [0.717, 1.165) is 56.3 Å². The van der Waals surface area contributed by atoms with Crippen LogP contribution in [-0.4, -0.2) is 36.2 Å². The number of aromatic nitrogens is 2. The van der Waals surface area contributed by atoms with Crippen LogP contribution in [0.5, 0.6) is 17.2 Å². The van der Waals surface area contributed by atoms with E-state index in [1.807, 2.05) is 54.9 Å². The number of amidine groups is 1. The van der Waals surface area contributed by atoms with E-state index in [4.69, 9.17) is 19.2 Å². The normalized spacial score (nSPS) is 16.2. The number of ether oxygens (including phenoxy) is 3. The van der Waals surface area contributed by atoms with Crippen molar-refractivity contribution in [2.24, 2.45) is 4.99 Å². The van der Waals surface area contributed by atoms with Crippen molar-refractivity contribution < 1.29 is 14.2 Å². The van der Waals surface area contributed by atoms with Gasteiger partial charge in [-0.2, -0.15) is 0 Å². The molecule has 7 heteroatoms. The van der Waals surface area contributed by atoms with Crippen molar-refractivity contribution in [1.82, 2.24) is 14.9 Å². The Morgan fingerprint density at radius 3 is 2.50 bits per heavy atom. The van der Waals surface area contributed by atoms with Crippen molar-refractivity contribution >= 4 is 22.6 Å². The van der Waals surface area contributed by atoms with E-state index in [-0.39, 0.29) is 6.04 Å². The van der Waals surface area contributed by atoms with Crippen molar-refractivity contribution in [2.45, 2.75) is 12.5 Å². The molecule has 3 heterocycles. The summed E-state index contributed by atoms with van der Waals surface area (Å²) in [5.41, 5.74) is 8.22. The number of nitrogens with one attached hydrogen (secondary N) is 1. The maximum Gasteiger partial charge on any atom is 0.136 e. The molecule has 0 aliphatic carbocycles. The number of fused-ring (bicyclic) bond motifs is 3. The first kappa shape index (κ1) is 24.0. The first-order valence-corrected chi connectivity index (χ1v) is 13.3. The van der Waals surface area contributed by atoms with Gasteiger partial charge in [-0.15, -0.1) is 0 Å². The Balaban J connectivity index is 1.37. The van der Waals surface area contributed by atoms with E-state index >= 15 is 0 Å². The van der Waals surface area contributed by atoms with Gasteiger partial charge in [-0.1, -0.05) is 54.6 Å². The van der Waals surface area contributed by atoms with Gasteiger partial charge in [-0.25, -0.2) is 4.98 Å². The highest BCUT2D eigenvalue weighted by Gasteiger charge is 2.32. The van der Waals surface area contributed by atoms with Crippen LogP contribution in [0.1, 0.15) is 29.2 Å². The summed E-state index contributed by atoms with van der Waals surface area (Å²) >= 11 is 0. The molecule has 0 saturated carbocycles. The molecular formula is C33H28N4O3. The van der Waals surface area contributed by atoms with E-state index in [9.17, 15) is 0 Å². The molecule has 1 atom stereocenters. The Bertz CT molecular complexity index is 1770. The minimum Gasteiger partial charge on any atom is -0.496 e. The number of rotatable bonds is 5. The summed E-state index contributed by atoms with van der Waals surface area (Å²) in [5.74, 6) is 2.90. The smallest absolute Gasteiger partial charge is 0.136 e. The van der Waals surface area contributed by atoms with Crippen molar-refractivity contribution in [3.05, 3.63) is 120 Å². The van der Waals surface area contributed by atoms with Gasteiger partial charge >= 0.3 is 0 Å². The molecule has 0 fully saturated rings. The number of benzene rings is 4. The van der Waals surface area contributed by atoms with Crippen LogP contribution in [0.2, 0.25) is 0 Å². The Kier molecular flexibility index (Phi) is 5.96. The second kappa shape index (κ2) is 9.93. The summed E-state index contributed by atoms with van der Waals surface area (Å²) in [6.45, 7) is 0.523. The molecule has 0 amide bonds. The highest BCUT2D eigenvalue weighted by Crippen LogP contribution is 2.46. The molecule has 1 unspecified atom stereocenters. The van der Waals surface area contributed by atoms with Gasteiger partial charge in [0.05, 0.1) is 43.1 Å². The third kappa shape index (κ3) is 4.07. The highest BCUT2D eigenvalue weighted by atomic mass is 16.5. The maximum absolute atomic E-state index is 6.26. The largest absolute Gasteiger partial charge is 0.496 e. The first-order chi connectivity index (χ1) is 19.7. The monoisotopic (exact) mass is 528 g/mol. The summed E-state index contributed by atoms with van der Waals surface area (Å²) in [6.07, 6.45) is 2.59. The molecule has 5 aromatic rings. The number of aliphatic imine (C=N–C) groups is 1. The van der Waals surface area contributed by atoms with Crippen molar-refractivity contribution in [3.8, 4) is 22.9 Å². The molecular weight excluding hydrogens is 500 g/mol. The Morgan fingerprint density at radius 1 is 0.900 bits per heavy atom. The number of nitrogens with zero attached hydrogens (tertiary/aromatic N) is 3. The lowest BCUT2D eigenvalue weighted by molar-refractivity contribution is 0.315. The fourth-order valence-electron chi connectivity index (χ4n) is 5.54. The molecule has 7 rings (SSSR count). The molecule has 0 bridgehead atoms. The third-order valence-electron chi connectivity index (χ3n) is 7.51. The van der Waals surface area contributed by atoms with Crippen LogP contribution in [0.15, 0.2) is 108 Å². The number of methoxy groups -OCH3 is 2. The Morgan fingerprint density at radius 2 is 1.70 bits per heavy atom. The SMILES string of the molecule is COc1cc(OC)c2c(c1)OCCC1=C2NC(c2ccccc2)=NC1c1ccc(-n2cnc3ccccc32)cc1. The zero-order chi connectivity index (χ0) is 27.1. The standard InChI is InChI=1S/C33H28N4O3/c1-38-24-18-28(39-2)30-29(19-24)40-17-16-25-31(35-33(36-32(25)30)22-8-4-3-5-9-22)21-12-14-23(15-13-21)37-20-34-26-10-6-7-11-27(26)37/h3-15,18-20,31H,16-17H2,1-2H3,(H,35,36). The van der Waals surface area contributed by atoms with Crippen molar-refractivity contribution in [2.75, 3.05) is 20.8 Å². The summed E-state index contributed by atoms with van der Waals surface area (Å²) < 4.78 is 19.7. The van der Waals surface area contributed by atoms with Gasteiger partial charge in [0.1, 0.15) is 35.5 Å². The van der Waals surface area contributed by atoms with Gasteiger partial charge in [0.25, 0.3) is 0 Å². The van der Waals surface area contributed by atoms with Gasteiger partial charge in [-0.3, -0.25) is 9.56 Å². The molecule has 4 aromatic carbocycles. The Hall–Kier alpha value is -5.04. The van der Waals surface area contributed by atoms with Crippen LogP contribution in [0.25, 0.3) is 22.4 Å². The Labute approximate surface area is 232 Å². The first-order valence-electron chi connectivity index (χ1n) is 13.3. The van der Waals surface area contributed by atoms with Gasteiger partial charge < -0.3 is 19.5 Å². The summed E-state index contributed by atoms with van der Waals surface area (Å²) in [6, 6.07) is 30.6. The number of hydrogen-bond acceptors (Lipinski definition) is 6. The lowest BCUT2D eigenvalue weighted by Gasteiger charge is -2.29. The van der Waals surface area contributed by atoms with E-state index in [2.05, 4.69) is 57.3 Å². The minimum atomic E-state index is -0.193. The molecule has 40 heavy (non-hydrogen) atoms. The third-order valence-corrected chi connectivity index (χ3v) is 7.51. The second-order valence-electron chi connectivity index (χ2n) is 9.77. The van der Waals surface area contributed by atoms with E-state index in [1.54, 1.807) is 14.2 Å². The number of hydrogen-bond donors (Lipinski definition) is 1. The van der Waals surface area contributed by atoms with Crippen molar-refractivity contribution in [1.29, 1.82) is 0 Å². The fraction of sp³-hybridized carbons (Fsp3) is 0.152. The predicted molar refractivity (Wildman–Crippen MR) is 157 cm³/mol. The average Bonchev–Trinajstić information content (AvgIpc) is 3.36. The topological polar surface area (TPSA) is 69.9 Å². The highest BCUT2D eigenvalue weighted by molar-refractivity contribution is 6.06. The molecule has 7 nitrogen and oxygen atoms in total. The van der Waals surface area contributed by atoms with Crippen LogP contribution < -0.4 is 19.5 Å². The zero-order valence-corrected chi connectivity index (χ0v) is 22.3. The minimum absolute atomic E-state index is 0.193. The number of para-hydroxylation sites is 2. The van der Waals surface area contributed by atoms with Gasteiger partial charge in [0, 0.05) is 29.8 Å². The molecule has 0 saturated heterocycles. The van der Waals surface area contributed by atoms with Gasteiger partial charge in [0.15, 0.2) is 0 Å². The lowest BCUT2D eigenvalue weighted by atomic mass is 9.90. The summed E-state index contributed by atoms with van der Waals surface area (Å²) in [4.78, 5) is 9.82. The van der Waals surface area contributed by atoms with Crippen LogP contribution in [0, 0.1) is 0 Å².